The van der Waals surface area contributed by atoms with E-state index in [-0.39, 0.29) is 5.41 Å². The van der Waals surface area contributed by atoms with Crippen LogP contribution < -0.4 is 0 Å². The number of hydrogen-bond acceptors (Lipinski definition) is 0. The predicted octanol–water partition coefficient (Wildman–Crippen LogP) is 9.63. The van der Waals surface area contributed by atoms with Gasteiger partial charge in [0.05, 0.1) is 0 Å². The first-order valence-corrected chi connectivity index (χ1v) is 12.4. The number of benzene rings is 6. The van der Waals surface area contributed by atoms with E-state index in [4.69, 9.17) is 0 Å². The highest BCUT2D eigenvalue weighted by atomic mass is 14.4. The maximum atomic E-state index is 2.43. The molecule has 0 fully saturated rings. The third kappa shape index (κ3) is 2.93. The Balaban J connectivity index is 1.42. The van der Waals surface area contributed by atoms with Crippen LogP contribution in [-0.2, 0) is 5.41 Å². The highest BCUT2D eigenvalue weighted by Gasteiger charge is 2.38. The van der Waals surface area contributed by atoms with Crippen LogP contribution in [0.25, 0.3) is 54.9 Å². The van der Waals surface area contributed by atoms with Crippen molar-refractivity contribution >= 4 is 21.5 Å². The molecule has 0 saturated heterocycles. The van der Waals surface area contributed by atoms with Crippen molar-refractivity contribution in [1.82, 2.24) is 0 Å². The molecule has 0 unspecified atom stereocenters. The molecule has 1 aliphatic carbocycles. The van der Waals surface area contributed by atoms with Gasteiger partial charge < -0.3 is 0 Å². The molecule has 0 bridgehead atoms. The normalized spacial score (nSPS) is 13.7. The molecule has 166 valence electrons. The summed E-state index contributed by atoms with van der Waals surface area (Å²) >= 11 is 0. The van der Waals surface area contributed by atoms with Crippen LogP contribution in [0.1, 0.15) is 25.0 Å². The fourth-order valence-electron chi connectivity index (χ4n) is 6.15. The third-order valence-corrected chi connectivity index (χ3v) is 7.85. The molecule has 0 heterocycles. The summed E-state index contributed by atoms with van der Waals surface area (Å²) in [6.07, 6.45) is 0. The first kappa shape index (κ1) is 20.2. The van der Waals surface area contributed by atoms with Crippen LogP contribution in [0.2, 0.25) is 0 Å². The Bertz CT molecular complexity index is 1740. The molecule has 0 aromatic heterocycles. The van der Waals surface area contributed by atoms with Crippen LogP contribution in [0.4, 0.5) is 0 Å². The molecule has 0 aliphatic heterocycles. The van der Waals surface area contributed by atoms with Gasteiger partial charge in [-0.25, -0.2) is 0 Å². The molecular formula is C35H26. The lowest BCUT2D eigenvalue weighted by molar-refractivity contribution is 0.667. The Labute approximate surface area is 206 Å². The van der Waals surface area contributed by atoms with Crippen LogP contribution in [0.15, 0.2) is 121 Å². The molecule has 35 heavy (non-hydrogen) atoms. The van der Waals surface area contributed by atoms with Crippen LogP contribution in [0, 0.1) is 0 Å². The SMILES string of the molecule is CC1(C)c2cc(-c3ccc(-c4ccccc4)cc3)ccc2-c2c1c1ccccc1c1ccccc21. The Hall–Kier alpha value is -4.16. The average molecular weight is 447 g/mol. The molecule has 0 heteroatoms. The highest BCUT2D eigenvalue weighted by molar-refractivity contribution is 6.18. The van der Waals surface area contributed by atoms with Crippen LogP contribution >= 0.6 is 0 Å². The Morgan fingerprint density at radius 1 is 0.429 bits per heavy atom. The van der Waals surface area contributed by atoms with Gasteiger partial charge in [0.1, 0.15) is 0 Å². The molecule has 0 spiro atoms. The van der Waals surface area contributed by atoms with Crippen molar-refractivity contribution in [1.29, 1.82) is 0 Å². The topological polar surface area (TPSA) is 0 Å². The van der Waals surface area contributed by atoms with E-state index in [1.54, 1.807) is 0 Å². The molecule has 0 amide bonds. The minimum atomic E-state index is -0.0751. The van der Waals surface area contributed by atoms with Gasteiger partial charge in [0.2, 0.25) is 0 Å². The second-order valence-corrected chi connectivity index (χ2v) is 10.2. The second-order valence-electron chi connectivity index (χ2n) is 10.2. The van der Waals surface area contributed by atoms with E-state index in [2.05, 4.69) is 135 Å². The summed E-state index contributed by atoms with van der Waals surface area (Å²) < 4.78 is 0. The quantitative estimate of drug-likeness (QED) is 0.232. The smallest absolute Gasteiger partial charge is 0.0165 e. The minimum absolute atomic E-state index is 0.0751. The van der Waals surface area contributed by atoms with Crippen molar-refractivity contribution in [3.05, 3.63) is 132 Å². The van der Waals surface area contributed by atoms with Gasteiger partial charge in [0.25, 0.3) is 0 Å². The molecule has 0 N–H and O–H groups in total. The standard InChI is InChI=1S/C35H26/c1-35(2)32-22-26(25-18-16-24(17-19-25)23-10-4-3-5-11-23)20-21-31(32)33-29-14-8-6-12-27(29)28-13-7-9-15-30(28)34(33)35/h3-22H,1-2H3. The van der Waals surface area contributed by atoms with Gasteiger partial charge in [-0.1, -0.05) is 129 Å². The van der Waals surface area contributed by atoms with E-state index in [0.717, 1.165) is 0 Å². The van der Waals surface area contributed by atoms with Gasteiger partial charge in [0, 0.05) is 5.41 Å². The number of rotatable bonds is 2. The van der Waals surface area contributed by atoms with Gasteiger partial charge in [0.15, 0.2) is 0 Å². The third-order valence-electron chi connectivity index (χ3n) is 7.85. The lowest BCUT2D eigenvalue weighted by Crippen LogP contribution is -2.15. The van der Waals surface area contributed by atoms with E-state index < -0.39 is 0 Å². The zero-order valence-electron chi connectivity index (χ0n) is 20.0. The van der Waals surface area contributed by atoms with Crippen molar-refractivity contribution in [3.63, 3.8) is 0 Å². The molecule has 0 radical (unpaired) electrons. The molecule has 1 aliphatic rings. The second kappa shape index (κ2) is 7.42. The summed E-state index contributed by atoms with van der Waals surface area (Å²) in [4.78, 5) is 0. The Morgan fingerprint density at radius 3 is 1.60 bits per heavy atom. The van der Waals surface area contributed by atoms with Gasteiger partial charge in [-0.15, -0.1) is 0 Å². The Kier molecular flexibility index (Phi) is 4.29. The number of hydrogen-bond donors (Lipinski definition) is 0. The minimum Gasteiger partial charge on any atom is -0.0622 e. The molecular weight excluding hydrogens is 420 g/mol. The van der Waals surface area contributed by atoms with Crippen molar-refractivity contribution in [2.24, 2.45) is 0 Å². The molecule has 0 saturated carbocycles. The van der Waals surface area contributed by atoms with Crippen molar-refractivity contribution in [2.45, 2.75) is 19.3 Å². The molecule has 0 atom stereocenters. The van der Waals surface area contributed by atoms with Gasteiger partial charge in [-0.3, -0.25) is 0 Å². The summed E-state index contributed by atoms with van der Waals surface area (Å²) in [7, 11) is 0. The van der Waals surface area contributed by atoms with E-state index in [1.165, 1.54) is 66.1 Å². The molecule has 6 aromatic rings. The fourth-order valence-corrected chi connectivity index (χ4v) is 6.15. The summed E-state index contributed by atoms with van der Waals surface area (Å²) in [5.74, 6) is 0. The van der Waals surface area contributed by atoms with Gasteiger partial charge in [-0.2, -0.15) is 0 Å². The first-order valence-electron chi connectivity index (χ1n) is 12.4. The lowest BCUT2D eigenvalue weighted by atomic mass is 9.79. The summed E-state index contributed by atoms with van der Waals surface area (Å²) in [5, 5.41) is 5.41. The van der Waals surface area contributed by atoms with E-state index in [0.29, 0.717) is 0 Å². The lowest BCUT2D eigenvalue weighted by Gasteiger charge is -2.24. The van der Waals surface area contributed by atoms with Gasteiger partial charge >= 0.3 is 0 Å². The first-order chi connectivity index (χ1) is 17.1. The van der Waals surface area contributed by atoms with Crippen molar-refractivity contribution in [2.75, 3.05) is 0 Å². The predicted molar refractivity (Wildman–Crippen MR) is 150 cm³/mol. The summed E-state index contributed by atoms with van der Waals surface area (Å²) in [6.45, 7) is 4.78. The fraction of sp³-hybridized carbons (Fsp3) is 0.0857. The average Bonchev–Trinajstić information content (AvgIpc) is 3.16. The maximum absolute atomic E-state index is 2.43. The number of fused-ring (bicyclic) bond motifs is 8. The van der Waals surface area contributed by atoms with Crippen molar-refractivity contribution < 1.29 is 0 Å². The highest BCUT2D eigenvalue weighted by Crippen LogP contribution is 2.55. The van der Waals surface area contributed by atoms with E-state index in [1.807, 2.05) is 0 Å². The largest absolute Gasteiger partial charge is 0.0622 e. The Morgan fingerprint density at radius 2 is 0.914 bits per heavy atom. The van der Waals surface area contributed by atoms with Crippen molar-refractivity contribution in [3.8, 4) is 33.4 Å². The van der Waals surface area contributed by atoms with Crippen LogP contribution in [-0.4, -0.2) is 0 Å². The molecule has 7 rings (SSSR count). The zero-order valence-corrected chi connectivity index (χ0v) is 20.0. The van der Waals surface area contributed by atoms with E-state index >= 15 is 0 Å². The maximum Gasteiger partial charge on any atom is 0.0165 e. The van der Waals surface area contributed by atoms with Crippen LogP contribution in [0.3, 0.4) is 0 Å². The summed E-state index contributed by atoms with van der Waals surface area (Å²) in [5.41, 5.74) is 10.6. The monoisotopic (exact) mass is 446 g/mol. The molecule has 0 nitrogen and oxygen atoms in total. The van der Waals surface area contributed by atoms with E-state index in [9.17, 15) is 0 Å². The van der Waals surface area contributed by atoms with Crippen LogP contribution in [0.5, 0.6) is 0 Å². The zero-order chi connectivity index (χ0) is 23.6. The van der Waals surface area contributed by atoms with Gasteiger partial charge in [-0.05, 0) is 72.1 Å². The summed E-state index contributed by atoms with van der Waals surface area (Å²) in [6, 6.07) is 44.4. The molecule has 6 aromatic carbocycles.